The zero-order valence-corrected chi connectivity index (χ0v) is 33.0. The highest BCUT2D eigenvalue weighted by Crippen LogP contribution is 2.30. The van der Waals surface area contributed by atoms with E-state index in [1.807, 2.05) is 58.9 Å². The van der Waals surface area contributed by atoms with E-state index in [2.05, 4.69) is 20.9 Å². The molecule has 0 aliphatic carbocycles. The van der Waals surface area contributed by atoms with Crippen LogP contribution in [-0.2, 0) is 30.4 Å². The fourth-order valence-corrected chi connectivity index (χ4v) is 7.38. The molecule has 13 nitrogen and oxygen atoms in total. The molecule has 15 heteroatoms. The average molecular weight is 780 g/mol. The predicted molar refractivity (Wildman–Crippen MR) is 210 cm³/mol. The Balaban J connectivity index is 1.28. The summed E-state index contributed by atoms with van der Waals surface area (Å²) in [5, 5.41) is 19.1. The number of halogens is 1. The maximum Gasteiger partial charge on any atom is 0.246 e. The number of primary amides is 1. The Morgan fingerprint density at radius 2 is 1.75 bits per heavy atom. The quantitative estimate of drug-likeness (QED) is 0.109. The van der Waals surface area contributed by atoms with Gasteiger partial charge in [0.25, 0.3) is 0 Å². The number of unbranched alkanes of at least 4 members (excludes halogenated alkanes) is 2. The highest BCUT2D eigenvalue weighted by molar-refractivity contribution is 7.13. The number of nitrogens with two attached hydrogens (primary N) is 2. The van der Waals surface area contributed by atoms with E-state index in [0.717, 1.165) is 21.7 Å². The summed E-state index contributed by atoms with van der Waals surface area (Å²) in [5.74, 6) is -2.77. The van der Waals surface area contributed by atoms with E-state index in [1.165, 1.54) is 17.0 Å². The van der Waals surface area contributed by atoms with Gasteiger partial charge in [-0.05, 0) is 79.8 Å². The topological polar surface area (TPSA) is 210 Å². The Morgan fingerprint density at radius 1 is 1.04 bits per heavy atom. The van der Waals surface area contributed by atoms with Crippen molar-refractivity contribution in [3.05, 3.63) is 70.6 Å². The number of carbonyl (C=O) groups is 5. The van der Waals surface area contributed by atoms with Gasteiger partial charge in [-0.1, -0.05) is 51.5 Å². The van der Waals surface area contributed by atoms with Crippen molar-refractivity contribution in [1.82, 2.24) is 20.5 Å². The number of amides is 5. The van der Waals surface area contributed by atoms with E-state index in [-0.39, 0.29) is 55.8 Å². The highest BCUT2D eigenvalue weighted by atomic mass is 32.1. The van der Waals surface area contributed by atoms with Crippen molar-refractivity contribution in [2.75, 3.05) is 11.9 Å². The zero-order valence-electron chi connectivity index (χ0n) is 32.2. The van der Waals surface area contributed by atoms with Crippen LogP contribution in [0.15, 0.2) is 48.0 Å². The van der Waals surface area contributed by atoms with E-state index in [9.17, 15) is 33.5 Å². The third-order valence-corrected chi connectivity index (χ3v) is 10.7. The van der Waals surface area contributed by atoms with Crippen LogP contribution < -0.4 is 27.4 Å². The van der Waals surface area contributed by atoms with Gasteiger partial charge >= 0.3 is 0 Å². The number of nitrogens with one attached hydrogen (secondary N) is 3. The van der Waals surface area contributed by atoms with Crippen LogP contribution in [0.3, 0.4) is 0 Å². The van der Waals surface area contributed by atoms with Gasteiger partial charge < -0.3 is 37.4 Å². The van der Waals surface area contributed by atoms with Crippen molar-refractivity contribution in [2.24, 2.45) is 16.9 Å². The zero-order chi connectivity index (χ0) is 40.4. The minimum atomic E-state index is -0.968. The van der Waals surface area contributed by atoms with E-state index in [4.69, 9.17) is 11.5 Å². The van der Waals surface area contributed by atoms with Crippen molar-refractivity contribution in [3.63, 3.8) is 0 Å². The Bertz CT molecular complexity index is 1830. The standard InChI is InChI=1S/C40H54FN7O6S/c1-23(26-11-13-27(14-12-26)35-24(2)44-22-55-35)45-38(53)32-20-30(49)21-48(32)39(54)36(40(3,4)5)47-34(51)10-8-6-7-9-25-17-28(41)19-29(18-25)46-37(52)31(42)15-16-33(43)50/h11-14,17-19,22-23,30-32,36,49H,6-10,15-16,20-21,42H2,1-5H3,(H2,43,50)(H,45,53)(H,46,52)(H,47,51)/t23-,30+,31-,32-,36+/m0/s1. The van der Waals surface area contributed by atoms with Crippen molar-refractivity contribution in [3.8, 4) is 10.4 Å². The molecule has 2 heterocycles. The Labute approximate surface area is 325 Å². The number of nitrogens with zero attached hydrogens (tertiary/aromatic N) is 2. The Kier molecular flexibility index (Phi) is 15.0. The Morgan fingerprint density at radius 3 is 2.38 bits per heavy atom. The molecule has 2 aromatic carbocycles. The monoisotopic (exact) mass is 779 g/mol. The number of hydrogen-bond donors (Lipinski definition) is 6. The molecular formula is C40H54FN7O6S. The van der Waals surface area contributed by atoms with Gasteiger partial charge in [-0.25, -0.2) is 9.37 Å². The number of β-amino-alcohol motifs (C(OH)–C–C–N with tert-alkyl or cyclic N) is 1. The maximum absolute atomic E-state index is 14.3. The van der Waals surface area contributed by atoms with Gasteiger partial charge in [-0.3, -0.25) is 24.0 Å². The van der Waals surface area contributed by atoms with Crippen molar-refractivity contribution in [2.45, 2.75) is 116 Å². The van der Waals surface area contributed by atoms with E-state index >= 15 is 0 Å². The lowest BCUT2D eigenvalue weighted by atomic mass is 9.85. The van der Waals surface area contributed by atoms with Gasteiger partial charge in [-0.2, -0.15) is 0 Å². The predicted octanol–water partition coefficient (Wildman–Crippen LogP) is 4.26. The van der Waals surface area contributed by atoms with Gasteiger partial charge in [0.2, 0.25) is 29.5 Å². The summed E-state index contributed by atoms with van der Waals surface area (Å²) < 4.78 is 14.3. The second-order valence-corrected chi connectivity index (χ2v) is 16.2. The van der Waals surface area contributed by atoms with Gasteiger partial charge in [0.1, 0.15) is 17.9 Å². The van der Waals surface area contributed by atoms with Gasteiger partial charge in [0.15, 0.2) is 0 Å². The molecule has 1 aromatic heterocycles. The van der Waals surface area contributed by atoms with E-state index in [0.29, 0.717) is 31.2 Å². The van der Waals surface area contributed by atoms with Crippen molar-refractivity contribution in [1.29, 1.82) is 0 Å². The van der Waals surface area contributed by atoms with Gasteiger partial charge in [0, 0.05) is 31.5 Å². The summed E-state index contributed by atoms with van der Waals surface area (Å²) in [6.07, 6.45) is 1.68. The molecule has 4 rings (SSSR count). The molecule has 1 aliphatic rings. The first-order valence-corrected chi connectivity index (χ1v) is 19.5. The molecule has 3 aromatic rings. The number of carbonyl (C=O) groups excluding carboxylic acids is 5. The number of anilines is 1. The van der Waals surface area contributed by atoms with Gasteiger partial charge in [-0.15, -0.1) is 11.3 Å². The highest BCUT2D eigenvalue weighted by Gasteiger charge is 2.44. The van der Waals surface area contributed by atoms with Crippen LogP contribution in [-0.4, -0.2) is 75.3 Å². The molecule has 298 valence electrons. The molecule has 1 saturated heterocycles. The third-order valence-electron chi connectivity index (χ3n) is 9.69. The molecule has 0 saturated carbocycles. The van der Waals surface area contributed by atoms with Crippen LogP contribution in [0.2, 0.25) is 0 Å². The first kappa shape index (κ1) is 43.0. The molecule has 1 aliphatic heterocycles. The molecule has 8 N–H and O–H groups in total. The number of rotatable bonds is 17. The number of aromatic nitrogens is 1. The molecule has 5 amide bonds. The molecule has 0 radical (unpaired) electrons. The fraction of sp³-hybridized carbons (Fsp3) is 0.500. The number of aliphatic hydroxyl groups excluding tert-OH is 1. The third kappa shape index (κ3) is 12.4. The second-order valence-electron chi connectivity index (χ2n) is 15.4. The van der Waals surface area contributed by atoms with Crippen LogP contribution in [0.1, 0.15) is 95.5 Å². The van der Waals surface area contributed by atoms with Crippen molar-refractivity contribution < 1.29 is 33.5 Å². The molecule has 1 fully saturated rings. The van der Waals surface area contributed by atoms with E-state index in [1.54, 1.807) is 22.9 Å². The molecule has 5 atom stereocenters. The molecule has 0 bridgehead atoms. The number of aryl methyl sites for hydroxylation is 2. The fourth-order valence-electron chi connectivity index (χ4n) is 6.57. The van der Waals surface area contributed by atoms with Crippen LogP contribution in [0.25, 0.3) is 10.4 Å². The summed E-state index contributed by atoms with van der Waals surface area (Å²) in [6.45, 7) is 9.30. The molecule has 0 spiro atoms. The van der Waals surface area contributed by atoms with Crippen molar-refractivity contribution >= 4 is 46.6 Å². The van der Waals surface area contributed by atoms with Crippen LogP contribution in [0.5, 0.6) is 0 Å². The minimum Gasteiger partial charge on any atom is -0.391 e. The summed E-state index contributed by atoms with van der Waals surface area (Å²) in [7, 11) is 0. The smallest absolute Gasteiger partial charge is 0.246 e. The molecule has 0 unspecified atom stereocenters. The number of aliphatic hydroxyl groups is 1. The summed E-state index contributed by atoms with van der Waals surface area (Å²) in [4.78, 5) is 70.8. The maximum atomic E-state index is 14.3. The van der Waals surface area contributed by atoms with E-state index < -0.39 is 53.2 Å². The second kappa shape index (κ2) is 19.2. The summed E-state index contributed by atoms with van der Waals surface area (Å²) >= 11 is 1.56. The summed E-state index contributed by atoms with van der Waals surface area (Å²) in [5.41, 5.74) is 15.8. The average Bonchev–Trinajstić information content (AvgIpc) is 3.73. The lowest BCUT2D eigenvalue weighted by Gasteiger charge is -2.35. The van der Waals surface area contributed by atoms with Crippen LogP contribution in [0.4, 0.5) is 10.1 Å². The number of hydrogen-bond acceptors (Lipinski definition) is 9. The lowest BCUT2D eigenvalue weighted by Crippen LogP contribution is -2.57. The Hall–Kier alpha value is -4.73. The number of likely N-dealkylation sites (tertiary alicyclic amines) is 1. The van der Waals surface area contributed by atoms with Crippen LogP contribution >= 0.6 is 11.3 Å². The normalized spacial score (nSPS) is 17.3. The van der Waals surface area contributed by atoms with Crippen LogP contribution in [0, 0.1) is 18.2 Å². The summed E-state index contributed by atoms with van der Waals surface area (Å²) in [6, 6.07) is 8.93. The SMILES string of the molecule is Cc1ncsc1-c1ccc([C@H](C)NC(=O)[C@@H]2C[C@@H](O)CN2C(=O)[C@@H](NC(=O)CCCCCc2cc(F)cc(NC(=O)[C@@H](N)CCC(N)=O)c2)C(C)(C)C)cc1. The number of benzene rings is 2. The largest absolute Gasteiger partial charge is 0.391 e. The minimum absolute atomic E-state index is 0.0236. The van der Waals surface area contributed by atoms with Gasteiger partial charge in [0.05, 0.1) is 34.3 Å². The first-order chi connectivity index (χ1) is 25.9. The molecule has 55 heavy (non-hydrogen) atoms. The first-order valence-electron chi connectivity index (χ1n) is 18.7. The number of thiazole rings is 1. The lowest BCUT2D eigenvalue weighted by molar-refractivity contribution is -0.144. The molecular weight excluding hydrogens is 726 g/mol.